The average Bonchev–Trinajstić information content (AvgIpc) is 2.28. The molecule has 98 valence electrons. The summed E-state index contributed by atoms with van der Waals surface area (Å²) in [6.07, 6.45) is 0.718. The quantitative estimate of drug-likeness (QED) is 0.910. The molecule has 1 saturated heterocycles. The molecule has 1 fully saturated rings. The van der Waals surface area contributed by atoms with Crippen LogP contribution in [-0.4, -0.2) is 34.8 Å². The lowest BCUT2D eigenvalue weighted by molar-refractivity contribution is 0.0605. The van der Waals surface area contributed by atoms with Gasteiger partial charge in [0.05, 0.1) is 0 Å². The highest BCUT2D eigenvalue weighted by molar-refractivity contribution is 9.10. The van der Waals surface area contributed by atoms with Crippen molar-refractivity contribution >= 4 is 22.0 Å². The Labute approximate surface area is 115 Å². The van der Waals surface area contributed by atoms with Crippen LogP contribution in [0, 0.1) is 0 Å². The SMILES string of the molecule is CC1CC(Oc2cccc(Br)c2)CCN1C(=O)O. The highest BCUT2D eigenvalue weighted by atomic mass is 79.9. The maximum atomic E-state index is 11.0. The Morgan fingerprint density at radius 1 is 1.56 bits per heavy atom. The molecule has 2 rings (SSSR count). The summed E-state index contributed by atoms with van der Waals surface area (Å²) in [4.78, 5) is 12.4. The third-order valence-corrected chi connectivity index (χ3v) is 3.67. The number of likely N-dealkylation sites (tertiary alicyclic amines) is 1. The smallest absolute Gasteiger partial charge is 0.407 e. The zero-order valence-corrected chi connectivity index (χ0v) is 11.8. The number of benzene rings is 1. The van der Waals surface area contributed by atoms with Gasteiger partial charge < -0.3 is 14.7 Å². The predicted molar refractivity (Wildman–Crippen MR) is 72.0 cm³/mol. The first-order chi connectivity index (χ1) is 8.56. The Balaban J connectivity index is 1.95. The van der Waals surface area contributed by atoms with E-state index in [4.69, 9.17) is 9.84 Å². The average molecular weight is 314 g/mol. The van der Waals surface area contributed by atoms with E-state index in [1.165, 1.54) is 4.90 Å². The first-order valence-corrected chi connectivity index (χ1v) is 6.77. The second kappa shape index (κ2) is 5.61. The molecule has 2 unspecified atom stereocenters. The van der Waals surface area contributed by atoms with Crippen LogP contribution in [0.25, 0.3) is 0 Å². The first-order valence-electron chi connectivity index (χ1n) is 5.98. The molecule has 0 radical (unpaired) electrons. The number of rotatable bonds is 2. The van der Waals surface area contributed by atoms with Gasteiger partial charge in [-0.2, -0.15) is 0 Å². The molecule has 4 nitrogen and oxygen atoms in total. The molecule has 1 aromatic rings. The molecule has 0 aromatic heterocycles. The van der Waals surface area contributed by atoms with Gasteiger partial charge in [0.2, 0.25) is 0 Å². The largest absolute Gasteiger partial charge is 0.490 e. The van der Waals surface area contributed by atoms with E-state index in [1.807, 2.05) is 31.2 Å². The minimum Gasteiger partial charge on any atom is -0.490 e. The highest BCUT2D eigenvalue weighted by Gasteiger charge is 2.29. The summed E-state index contributed by atoms with van der Waals surface area (Å²) in [7, 11) is 0. The van der Waals surface area contributed by atoms with Crippen molar-refractivity contribution in [3.8, 4) is 5.75 Å². The number of hydrogen-bond donors (Lipinski definition) is 1. The van der Waals surface area contributed by atoms with Gasteiger partial charge in [-0.3, -0.25) is 0 Å². The number of hydrogen-bond acceptors (Lipinski definition) is 2. The second-order valence-electron chi connectivity index (χ2n) is 4.55. The Kier molecular flexibility index (Phi) is 4.11. The Morgan fingerprint density at radius 3 is 2.94 bits per heavy atom. The minimum absolute atomic E-state index is 0.00778. The van der Waals surface area contributed by atoms with E-state index in [2.05, 4.69) is 15.9 Å². The predicted octanol–water partition coefficient (Wildman–Crippen LogP) is 3.36. The van der Waals surface area contributed by atoms with Gasteiger partial charge in [0.1, 0.15) is 11.9 Å². The monoisotopic (exact) mass is 313 g/mol. The molecule has 1 amide bonds. The maximum absolute atomic E-state index is 11.0. The number of ether oxygens (including phenoxy) is 1. The van der Waals surface area contributed by atoms with Crippen molar-refractivity contribution in [1.29, 1.82) is 0 Å². The van der Waals surface area contributed by atoms with Crippen LogP contribution in [0.2, 0.25) is 0 Å². The van der Waals surface area contributed by atoms with Crippen LogP contribution in [0.15, 0.2) is 28.7 Å². The summed E-state index contributed by atoms with van der Waals surface area (Å²) in [6.45, 7) is 2.46. The number of halogens is 1. The zero-order chi connectivity index (χ0) is 13.1. The number of piperidine rings is 1. The molecule has 2 atom stereocenters. The van der Waals surface area contributed by atoms with E-state index in [-0.39, 0.29) is 12.1 Å². The molecule has 1 aliphatic heterocycles. The lowest BCUT2D eigenvalue weighted by atomic mass is 10.0. The third-order valence-electron chi connectivity index (χ3n) is 3.17. The molecule has 0 spiro atoms. The van der Waals surface area contributed by atoms with Gasteiger partial charge in [0.15, 0.2) is 0 Å². The van der Waals surface area contributed by atoms with Crippen LogP contribution >= 0.6 is 15.9 Å². The fourth-order valence-corrected chi connectivity index (χ4v) is 2.63. The zero-order valence-electron chi connectivity index (χ0n) is 10.2. The standard InChI is InChI=1S/C13H16BrNO3/c1-9-7-12(5-6-15(9)13(16)17)18-11-4-2-3-10(14)8-11/h2-4,8-9,12H,5-7H2,1H3,(H,16,17). The normalized spacial score (nSPS) is 23.8. The topological polar surface area (TPSA) is 49.8 Å². The first kappa shape index (κ1) is 13.2. The molecule has 1 N–H and O–H groups in total. The van der Waals surface area contributed by atoms with Gasteiger partial charge in [-0.1, -0.05) is 22.0 Å². The van der Waals surface area contributed by atoms with Gasteiger partial charge in [-0.15, -0.1) is 0 Å². The molecule has 0 saturated carbocycles. The fraction of sp³-hybridized carbons (Fsp3) is 0.462. The van der Waals surface area contributed by atoms with Crippen LogP contribution < -0.4 is 4.74 Å². The van der Waals surface area contributed by atoms with Crippen LogP contribution in [-0.2, 0) is 0 Å². The van der Waals surface area contributed by atoms with Crippen LogP contribution in [0.5, 0.6) is 5.75 Å². The van der Waals surface area contributed by atoms with E-state index in [0.717, 1.165) is 23.1 Å². The molecule has 18 heavy (non-hydrogen) atoms. The second-order valence-corrected chi connectivity index (χ2v) is 5.46. The van der Waals surface area contributed by atoms with Gasteiger partial charge in [0.25, 0.3) is 0 Å². The van der Waals surface area contributed by atoms with Crippen molar-refractivity contribution in [3.05, 3.63) is 28.7 Å². The molecule has 0 aliphatic carbocycles. The van der Waals surface area contributed by atoms with Gasteiger partial charge in [-0.25, -0.2) is 4.79 Å². The number of nitrogens with zero attached hydrogens (tertiary/aromatic N) is 1. The van der Waals surface area contributed by atoms with E-state index in [0.29, 0.717) is 6.54 Å². The summed E-state index contributed by atoms with van der Waals surface area (Å²) in [5.74, 6) is 0.824. The van der Waals surface area contributed by atoms with Crippen LogP contribution in [0.3, 0.4) is 0 Å². The molecular formula is C13H16BrNO3. The van der Waals surface area contributed by atoms with Crippen LogP contribution in [0.4, 0.5) is 4.79 Å². The van der Waals surface area contributed by atoms with Crippen molar-refractivity contribution in [2.75, 3.05) is 6.54 Å². The molecular weight excluding hydrogens is 298 g/mol. The van der Waals surface area contributed by atoms with E-state index in [9.17, 15) is 4.79 Å². The summed E-state index contributed by atoms with van der Waals surface area (Å²) in [6, 6.07) is 7.72. The molecule has 1 aromatic carbocycles. The summed E-state index contributed by atoms with van der Waals surface area (Å²) < 4.78 is 6.87. The molecule has 0 bridgehead atoms. The van der Waals surface area contributed by atoms with Crippen molar-refractivity contribution in [3.63, 3.8) is 0 Å². The van der Waals surface area contributed by atoms with E-state index < -0.39 is 6.09 Å². The van der Waals surface area contributed by atoms with Gasteiger partial charge >= 0.3 is 6.09 Å². The molecule has 5 heteroatoms. The maximum Gasteiger partial charge on any atom is 0.407 e. The number of carboxylic acid groups (broad SMARTS) is 1. The van der Waals surface area contributed by atoms with Crippen molar-refractivity contribution < 1.29 is 14.6 Å². The van der Waals surface area contributed by atoms with Crippen molar-refractivity contribution in [2.24, 2.45) is 0 Å². The fourth-order valence-electron chi connectivity index (χ4n) is 2.25. The summed E-state index contributed by atoms with van der Waals surface area (Å²) in [5.41, 5.74) is 0. The Morgan fingerprint density at radius 2 is 2.33 bits per heavy atom. The highest BCUT2D eigenvalue weighted by Crippen LogP contribution is 2.24. The third kappa shape index (κ3) is 3.16. The Hall–Kier alpha value is -1.23. The minimum atomic E-state index is -0.844. The lowest BCUT2D eigenvalue weighted by Crippen LogP contribution is -2.46. The van der Waals surface area contributed by atoms with Gasteiger partial charge in [-0.05, 0) is 25.1 Å². The van der Waals surface area contributed by atoms with Gasteiger partial charge in [0, 0.05) is 29.9 Å². The van der Waals surface area contributed by atoms with E-state index in [1.54, 1.807) is 0 Å². The summed E-state index contributed by atoms with van der Waals surface area (Å²) in [5, 5.41) is 9.00. The van der Waals surface area contributed by atoms with Crippen molar-refractivity contribution in [2.45, 2.75) is 31.9 Å². The molecule has 1 heterocycles. The van der Waals surface area contributed by atoms with E-state index >= 15 is 0 Å². The Bertz CT molecular complexity index is 438. The van der Waals surface area contributed by atoms with Crippen molar-refractivity contribution in [1.82, 2.24) is 4.90 Å². The molecule has 1 aliphatic rings. The number of carbonyl (C=O) groups is 1. The lowest BCUT2D eigenvalue weighted by Gasteiger charge is -2.35. The number of amides is 1. The summed E-state index contributed by atoms with van der Waals surface area (Å²) >= 11 is 3.40. The van der Waals surface area contributed by atoms with Crippen LogP contribution in [0.1, 0.15) is 19.8 Å².